The van der Waals surface area contributed by atoms with E-state index in [2.05, 4.69) is 10.2 Å². The van der Waals surface area contributed by atoms with Crippen LogP contribution in [0.2, 0.25) is 0 Å². The summed E-state index contributed by atoms with van der Waals surface area (Å²) < 4.78 is 18.6. The standard InChI is InChI=1S/C15H19FN2O2/c1-18(2)14(15-4-3-5-20-15)10-17-9-11-6-12(16)8-13(19)7-11/h3-8,14,17,19H,9-10H2,1-2H3. The van der Waals surface area contributed by atoms with Crippen molar-refractivity contribution >= 4 is 0 Å². The maximum absolute atomic E-state index is 13.2. The first-order valence-electron chi connectivity index (χ1n) is 6.45. The van der Waals surface area contributed by atoms with Crippen LogP contribution in [0.5, 0.6) is 5.75 Å². The van der Waals surface area contributed by atoms with Crippen LogP contribution in [0.1, 0.15) is 17.4 Å². The number of phenolic OH excluding ortho intramolecular Hbond substituents is 1. The highest BCUT2D eigenvalue weighted by Crippen LogP contribution is 2.18. The Hall–Kier alpha value is -1.85. The molecule has 1 atom stereocenters. The van der Waals surface area contributed by atoms with Gasteiger partial charge in [0.25, 0.3) is 0 Å². The van der Waals surface area contributed by atoms with E-state index in [0.29, 0.717) is 18.7 Å². The maximum Gasteiger partial charge on any atom is 0.127 e. The average Bonchev–Trinajstić information content (AvgIpc) is 2.86. The summed E-state index contributed by atoms with van der Waals surface area (Å²) in [4.78, 5) is 2.05. The van der Waals surface area contributed by atoms with E-state index in [4.69, 9.17) is 4.42 Å². The van der Waals surface area contributed by atoms with Gasteiger partial charge in [0.1, 0.15) is 17.3 Å². The van der Waals surface area contributed by atoms with Crippen LogP contribution in [0, 0.1) is 5.82 Å². The van der Waals surface area contributed by atoms with Gasteiger partial charge in [0.05, 0.1) is 12.3 Å². The lowest BCUT2D eigenvalue weighted by Gasteiger charge is -2.22. The number of phenols is 1. The number of hydrogen-bond donors (Lipinski definition) is 2. The van der Waals surface area contributed by atoms with Gasteiger partial charge in [-0.15, -0.1) is 0 Å². The van der Waals surface area contributed by atoms with E-state index < -0.39 is 5.82 Å². The molecule has 108 valence electrons. The number of halogens is 1. The van der Waals surface area contributed by atoms with Gasteiger partial charge in [0.2, 0.25) is 0 Å². The zero-order valence-corrected chi connectivity index (χ0v) is 11.6. The highest BCUT2D eigenvalue weighted by Gasteiger charge is 2.16. The van der Waals surface area contributed by atoms with Gasteiger partial charge in [-0.25, -0.2) is 4.39 Å². The Morgan fingerprint density at radius 2 is 2.15 bits per heavy atom. The minimum atomic E-state index is -0.433. The van der Waals surface area contributed by atoms with Crippen molar-refractivity contribution in [2.75, 3.05) is 20.6 Å². The summed E-state index contributed by atoms with van der Waals surface area (Å²) in [5.74, 6) is 0.388. The zero-order valence-electron chi connectivity index (χ0n) is 11.6. The molecule has 0 aliphatic carbocycles. The number of nitrogens with one attached hydrogen (secondary N) is 1. The molecule has 2 aromatic rings. The molecule has 1 heterocycles. The molecule has 0 aliphatic heterocycles. The van der Waals surface area contributed by atoms with Crippen molar-refractivity contribution < 1.29 is 13.9 Å². The second-order valence-electron chi connectivity index (χ2n) is 4.94. The van der Waals surface area contributed by atoms with Crippen LogP contribution in [0.4, 0.5) is 4.39 Å². The van der Waals surface area contributed by atoms with Gasteiger partial charge >= 0.3 is 0 Å². The van der Waals surface area contributed by atoms with Crippen LogP contribution in [0.15, 0.2) is 41.0 Å². The fraction of sp³-hybridized carbons (Fsp3) is 0.333. The van der Waals surface area contributed by atoms with Crippen LogP contribution >= 0.6 is 0 Å². The normalized spacial score (nSPS) is 12.8. The highest BCUT2D eigenvalue weighted by atomic mass is 19.1. The van der Waals surface area contributed by atoms with Gasteiger partial charge < -0.3 is 14.8 Å². The summed E-state index contributed by atoms with van der Waals surface area (Å²) >= 11 is 0. The van der Waals surface area contributed by atoms with Crippen molar-refractivity contribution in [3.05, 3.63) is 53.7 Å². The van der Waals surface area contributed by atoms with Gasteiger partial charge in [-0.1, -0.05) is 0 Å². The van der Waals surface area contributed by atoms with E-state index in [9.17, 15) is 9.50 Å². The SMILES string of the molecule is CN(C)C(CNCc1cc(O)cc(F)c1)c1ccco1. The molecule has 2 N–H and O–H groups in total. The molecule has 5 heteroatoms. The Morgan fingerprint density at radius 1 is 1.35 bits per heavy atom. The second-order valence-corrected chi connectivity index (χ2v) is 4.94. The number of benzene rings is 1. The fourth-order valence-corrected chi connectivity index (χ4v) is 2.11. The highest BCUT2D eigenvalue weighted by molar-refractivity contribution is 5.28. The summed E-state index contributed by atoms with van der Waals surface area (Å²) in [6, 6.07) is 7.94. The molecular formula is C15H19FN2O2. The van der Waals surface area contributed by atoms with Crippen molar-refractivity contribution in [2.45, 2.75) is 12.6 Å². The summed E-state index contributed by atoms with van der Waals surface area (Å²) in [5.41, 5.74) is 0.708. The third kappa shape index (κ3) is 3.82. The molecule has 1 aromatic heterocycles. The largest absolute Gasteiger partial charge is 0.508 e. The third-order valence-electron chi connectivity index (χ3n) is 3.10. The van der Waals surface area contributed by atoms with Gasteiger partial charge in [-0.3, -0.25) is 4.90 Å². The van der Waals surface area contributed by atoms with E-state index in [0.717, 1.165) is 11.8 Å². The predicted molar refractivity (Wildman–Crippen MR) is 74.9 cm³/mol. The van der Waals surface area contributed by atoms with Crippen LogP contribution in [-0.4, -0.2) is 30.6 Å². The summed E-state index contributed by atoms with van der Waals surface area (Å²) in [6.45, 7) is 1.15. The predicted octanol–water partition coefficient (Wildman–Crippen LogP) is 2.52. The molecule has 20 heavy (non-hydrogen) atoms. The number of rotatable bonds is 6. The Morgan fingerprint density at radius 3 is 2.75 bits per heavy atom. The third-order valence-corrected chi connectivity index (χ3v) is 3.10. The van der Waals surface area contributed by atoms with Gasteiger partial charge in [0, 0.05) is 19.2 Å². The van der Waals surface area contributed by atoms with E-state index in [-0.39, 0.29) is 11.8 Å². The minimum Gasteiger partial charge on any atom is -0.508 e. The van der Waals surface area contributed by atoms with Gasteiger partial charge in [0.15, 0.2) is 0 Å². The Labute approximate surface area is 117 Å². The molecule has 0 amide bonds. The first-order valence-corrected chi connectivity index (χ1v) is 6.45. The monoisotopic (exact) mass is 278 g/mol. The summed E-state index contributed by atoms with van der Waals surface area (Å²) in [6.07, 6.45) is 1.65. The van der Waals surface area contributed by atoms with Crippen LogP contribution in [0.3, 0.4) is 0 Å². The lowest BCUT2D eigenvalue weighted by Crippen LogP contribution is -2.30. The quantitative estimate of drug-likeness (QED) is 0.852. The maximum atomic E-state index is 13.2. The molecule has 0 radical (unpaired) electrons. The summed E-state index contributed by atoms with van der Waals surface area (Å²) in [7, 11) is 3.95. The van der Waals surface area contributed by atoms with E-state index in [1.54, 1.807) is 12.3 Å². The lowest BCUT2D eigenvalue weighted by molar-refractivity contribution is 0.250. The molecule has 0 aliphatic rings. The van der Waals surface area contributed by atoms with E-state index >= 15 is 0 Å². The van der Waals surface area contributed by atoms with Crippen LogP contribution < -0.4 is 5.32 Å². The molecule has 1 aromatic carbocycles. The van der Waals surface area contributed by atoms with E-state index in [1.807, 2.05) is 26.2 Å². The first-order chi connectivity index (χ1) is 9.56. The van der Waals surface area contributed by atoms with Gasteiger partial charge in [-0.2, -0.15) is 0 Å². The number of nitrogens with zero attached hydrogens (tertiary/aromatic N) is 1. The van der Waals surface area contributed by atoms with Crippen molar-refractivity contribution in [3.63, 3.8) is 0 Å². The molecule has 1 unspecified atom stereocenters. The molecule has 4 nitrogen and oxygen atoms in total. The minimum absolute atomic E-state index is 0.0583. The van der Waals surface area contributed by atoms with E-state index in [1.165, 1.54) is 6.07 Å². The number of aromatic hydroxyl groups is 1. The average molecular weight is 278 g/mol. The Balaban J connectivity index is 1.93. The molecular weight excluding hydrogens is 259 g/mol. The van der Waals surface area contributed by atoms with Crippen molar-refractivity contribution in [1.82, 2.24) is 10.2 Å². The van der Waals surface area contributed by atoms with Crippen LogP contribution in [0.25, 0.3) is 0 Å². The number of likely N-dealkylation sites (N-methyl/N-ethyl adjacent to an activating group) is 1. The number of hydrogen-bond acceptors (Lipinski definition) is 4. The smallest absolute Gasteiger partial charge is 0.127 e. The van der Waals surface area contributed by atoms with Gasteiger partial charge in [-0.05, 0) is 43.9 Å². The van der Waals surface area contributed by atoms with Crippen molar-refractivity contribution in [3.8, 4) is 5.75 Å². The van der Waals surface area contributed by atoms with Crippen LogP contribution in [-0.2, 0) is 6.54 Å². The topological polar surface area (TPSA) is 48.6 Å². The number of furan rings is 1. The molecule has 0 spiro atoms. The second kappa shape index (κ2) is 6.54. The fourth-order valence-electron chi connectivity index (χ4n) is 2.11. The molecule has 0 saturated carbocycles. The van der Waals surface area contributed by atoms with Crippen molar-refractivity contribution in [1.29, 1.82) is 0 Å². The molecule has 0 bridgehead atoms. The summed E-state index contributed by atoms with van der Waals surface area (Å²) in [5, 5.41) is 12.6. The molecule has 0 saturated heterocycles. The Bertz CT molecular complexity index is 521. The molecule has 2 rings (SSSR count). The molecule has 0 fully saturated rings. The first kappa shape index (κ1) is 14.6. The zero-order chi connectivity index (χ0) is 14.5. The van der Waals surface area contributed by atoms with Crippen molar-refractivity contribution in [2.24, 2.45) is 0 Å². The Kier molecular flexibility index (Phi) is 4.76. The lowest BCUT2D eigenvalue weighted by atomic mass is 10.1.